The number of nitriles is 1. The molecule has 2 unspecified atom stereocenters. The molecule has 0 aliphatic carbocycles. The maximum atomic E-state index is 8.53. The van der Waals surface area contributed by atoms with E-state index in [1.165, 1.54) is 12.8 Å². The van der Waals surface area contributed by atoms with Crippen molar-refractivity contribution in [3.63, 3.8) is 0 Å². The lowest BCUT2D eigenvalue weighted by atomic mass is 9.92. The monoisotopic (exact) mass is 152 g/mol. The molecular weight excluding hydrogens is 136 g/mol. The van der Waals surface area contributed by atoms with Crippen LogP contribution in [-0.4, -0.2) is 24.0 Å². The number of hydrogen-bond donors (Lipinski definition) is 0. The van der Waals surface area contributed by atoms with E-state index in [4.69, 9.17) is 5.26 Å². The van der Waals surface area contributed by atoms with Gasteiger partial charge < -0.3 is 0 Å². The van der Waals surface area contributed by atoms with Crippen LogP contribution in [0.15, 0.2) is 0 Å². The number of hydrogen-bond acceptors (Lipinski definition) is 2. The third kappa shape index (κ3) is 1.94. The summed E-state index contributed by atoms with van der Waals surface area (Å²) < 4.78 is 0. The van der Waals surface area contributed by atoms with E-state index in [1.54, 1.807) is 0 Å². The molecule has 2 heteroatoms. The zero-order chi connectivity index (χ0) is 8.27. The molecule has 0 spiro atoms. The molecule has 2 nitrogen and oxygen atoms in total. The largest absolute Gasteiger partial charge is 0.288 e. The third-order valence-electron chi connectivity index (χ3n) is 2.78. The Morgan fingerprint density at radius 2 is 2.27 bits per heavy atom. The van der Waals surface area contributed by atoms with Crippen LogP contribution in [0.25, 0.3) is 0 Å². The number of rotatable bonds is 1. The van der Waals surface area contributed by atoms with Crippen LogP contribution in [0.4, 0.5) is 0 Å². The fraction of sp³-hybridized carbons (Fsp3) is 0.889. The quantitative estimate of drug-likeness (QED) is 0.534. The Morgan fingerprint density at radius 3 is 2.91 bits per heavy atom. The highest BCUT2D eigenvalue weighted by Crippen LogP contribution is 2.21. The van der Waals surface area contributed by atoms with Gasteiger partial charge in [0.25, 0.3) is 0 Å². The molecule has 0 aromatic carbocycles. The number of piperidine rings is 1. The van der Waals surface area contributed by atoms with E-state index in [9.17, 15) is 0 Å². The van der Waals surface area contributed by atoms with Gasteiger partial charge in [0.05, 0.1) is 12.6 Å². The summed E-state index contributed by atoms with van der Waals surface area (Å²) in [5, 5.41) is 8.53. The van der Waals surface area contributed by atoms with E-state index in [-0.39, 0.29) is 0 Å². The molecule has 1 heterocycles. The molecule has 2 atom stereocenters. The fourth-order valence-corrected chi connectivity index (χ4v) is 1.73. The molecule has 0 amide bonds. The van der Waals surface area contributed by atoms with Crippen molar-refractivity contribution in [1.29, 1.82) is 5.26 Å². The summed E-state index contributed by atoms with van der Waals surface area (Å²) in [7, 11) is 0. The van der Waals surface area contributed by atoms with Crippen LogP contribution in [0.1, 0.15) is 26.7 Å². The lowest BCUT2D eigenvalue weighted by molar-refractivity contribution is 0.129. The Bertz CT molecular complexity index is 159. The summed E-state index contributed by atoms with van der Waals surface area (Å²) in [5.41, 5.74) is 0. The van der Waals surface area contributed by atoms with Gasteiger partial charge in [0.15, 0.2) is 0 Å². The van der Waals surface area contributed by atoms with Gasteiger partial charge in [-0.05, 0) is 32.2 Å². The van der Waals surface area contributed by atoms with Crippen molar-refractivity contribution in [3.05, 3.63) is 0 Å². The summed E-state index contributed by atoms with van der Waals surface area (Å²) >= 11 is 0. The van der Waals surface area contributed by atoms with Gasteiger partial charge in [-0.25, -0.2) is 0 Å². The van der Waals surface area contributed by atoms with Crippen molar-refractivity contribution >= 4 is 0 Å². The van der Waals surface area contributed by atoms with Crippen molar-refractivity contribution in [2.45, 2.75) is 32.7 Å². The number of likely N-dealkylation sites (tertiary alicyclic amines) is 1. The van der Waals surface area contributed by atoms with Crippen molar-refractivity contribution < 1.29 is 0 Å². The Kier molecular flexibility index (Phi) is 2.90. The van der Waals surface area contributed by atoms with Crippen LogP contribution < -0.4 is 0 Å². The highest BCUT2D eigenvalue weighted by Gasteiger charge is 2.23. The molecule has 62 valence electrons. The van der Waals surface area contributed by atoms with Crippen molar-refractivity contribution in [1.82, 2.24) is 4.90 Å². The average Bonchev–Trinajstić information content (AvgIpc) is 1.99. The standard InChI is InChI=1S/C9H16N2/c1-8-4-3-6-11(7-5-10)9(8)2/h8-9H,3-4,6-7H2,1-2H3. The zero-order valence-electron chi connectivity index (χ0n) is 7.38. The van der Waals surface area contributed by atoms with Gasteiger partial charge in [-0.3, -0.25) is 4.90 Å². The second-order valence-corrected chi connectivity index (χ2v) is 3.49. The molecule has 11 heavy (non-hydrogen) atoms. The van der Waals surface area contributed by atoms with Gasteiger partial charge in [-0.2, -0.15) is 5.26 Å². The van der Waals surface area contributed by atoms with Gasteiger partial charge in [0.1, 0.15) is 0 Å². The molecule has 1 saturated heterocycles. The molecule has 1 fully saturated rings. The number of nitrogens with zero attached hydrogens (tertiary/aromatic N) is 2. The summed E-state index contributed by atoms with van der Waals surface area (Å²) in [5.74, 6) is 0.761. The van der Waals surface area contributed by atoms with Gasteiger partial charge in [-0.15, -0.1) is 0 Å². The van der Waals surface area contributed by atoms with Crippen molar-refractivity contribution in [2.75, 3.05) is 13.1 Å². The molecule has 1 rings (SSSR count). The van der Waals surface area contributed by atoms with E-state index in [0.29, 0.717) is 12.6 Å². The average molecular weight is 152 g/mol. The van der Waals surface area contributed by atoms with Crippen LogP contribution >= 0.6 is 0 Å². The first-order valence-electron chi connectivity index (χ1n) is 4.36. The summed E-state index contributed by atoms with van der Waals surface area (Å²) in [6.45, 7) is 6.21. The van der Waals surface area contributed by atoms with Gasteiger partial charge in [0.2, 0.25) is 0 Å². The van der Waals surface area contributed by atoms with E-state index < -0.39 is 0 Å². The second-order valence-electron chi connectivity index (χ2n) is 3.49. The maximum Gasteiger partial charge on any atom is 0.0868 e. The molecule has 1 aliphatic rings. The minimum atomic E-state index is 0.600. The third-order valence-corrected chi connectivity index (χ3v) is 2.78. The van der Waals surface area contributed by atoms with Gasteiger partial charge >= 0.3 is 0 Å². The Hall–Kier alpha value is -0.550. The topological polar surface area (TPSA) is 27.0 Å². The molecule has 0 saturated carbocycles. The second kappa shape index (κ2) is 3.73. The van der Waals surface area contributed by atoms with E-state index >= 15 is 0 Å². The predicted molar refractivity (Wildman–Crippen MR) is 45.0 cm³/mol. The molecule has 0 bridgehead atoms. The van der Waals surface area contributed by atoms with Crippen molar-refractivity contribution in [3.8, 4) is 6.07 Å². The van der Waals surface area contributed by atoms with Gasteiger partial charge in [0, 0.05) is 6.04 Å². The Balaban J connectivity index is 2.45. The molecule has 0 radical (unpaired) electrons. The zero-order valence-corrected chi connectivity index (χ0v) is 7.38. The highest BCUT2D eigenvalue weighted by atomic mass is 15.2. The van der Waals surface area contributed by atoms with E-state index in [2.05, 4.69) is 24.8 Å². The Labute approximate surface area is 68.8 Å². The molecule has 0 N–H and O–H groups in total. The molecule has 1 aliphatic heterocycles. The minimum Gasteiger partial charge on any atom is -0.288 e. The first kappa shape index (κ1) is 8.55. The smallest absolute Gasteiger partial charge is 0.0868 e. The maximum absolute atomic E-state index is 8.53. The van der Waals surface area contributed by atoms with E-state index in [0.717, 1.165) is 12.5 Å². The lowest BCUT2D eigenvalue weighted by Crippen LogP contribution is -2.42. The minimum absolute atomic E-state index is 0.600. The van der Waals surface area contributed by atoms with Crippen LogP contribution in [0, 0.1) is 17.2 Å². The summed E-state index contributed by atoms with van der Waals surface area (Å²) in [6, 6.07) is 2.81. The van der Waals surface area contributed by atoms with Crippen LogP contribution in [-0.2, 0) is 0 Å². The van der Waals surface area contributed by atoms with Gasteiger partial charge in [-0.1, -0.05) is 6.92 Å². The van der Waals surface area contributed by atoms with Crippen LogP contribution in [0.3, 0.4) is 0 Å². The van der Waals surface area contributed by atoms with Crippen LogP contribution in [0.2, 0.25) is 0 Å². The van der Waals surface area contributed by atoms with Crippen molar-refractivity contribution in [2.24, 2.45) is 5.92 Å². The normalized spacial score (nSPS) is 33.2. The molecule has 0 aromatic heterocycles. The van der Waals surface area contributed by atoms with Crippen LogP contribution in [0.5, 0.6) is 0 Å². The lowest BCUT2D eigenvalue weighted by Gasteiger charge is -2.36. The van der Waals surface area contributed by atoms with E-state index in [1.807, 2.05) is 0 Å². The highest BCUT2D eigenvalue weighted by molar-refractivity contribution is 4.85. The summed E-state index contributed by atoms with van der Waals surface area (Å²) in [6.07, 6.45) is 2.58. The first-order valence-corrected chi connectivity index (χ1v) is 4.36. The fourth-order valence-electron chi connectivity index (χ4n) is 1.73. The molecule has 0 aromatic rings. The SMILES string of the molecule is CC1CCCN(CC#N)C1C. The Morgan fingerprint density at radius 1 is 1.55 bits per heavy atom. The predicted octanol–water partition coefficient (Wildman–Crippen LogP) is 1.63. The molecular formula is C9H16N2. The summed E-state index contributed by atoms with van der Waals surface area (Å²) in [4.78, 5) is 2.27. The first-order chi connectivity index (χ1) is 5.25.